The minimum Gasteiger partial charge on any atom is -0.388 e. The maximum atomic E-state index is 12.9. The van der Waals surface area contributed by atoms with Gasteiger partial charge >= 0.3 is 0 Å². The number of ketones is 2. The van der Waals surface area contributed by atoms with Gasteiger partial charge in [0.15, 0.2) is 15.6 Å². The van der Waals surface area contributed by atoms with Crippen LogP contribution in [0.3, 0.4) is 0 Å². The van der Waals surface area contributed by atoms with Gasteiger partial charge in [-0.05, 0) is 76.9 Å². The Balaban J connectivity index is 0.000000189. The first-order valence-corrected chi connectivity index (χ1v) is 24.7. The van der Waals surface area contributed by atoms with Gasteiger partial charge in [0.25, 0.3) is 11.8 Å². The number of benzene rings is 1. The normalized spacial score (nSPS) is 18.8. The number of amides is 6. The van der Waals surface area contributed by atoms with Crippen LogP contribution in [0, 0.1) is 0 Å². The van der Waals surface area contributed by atoms with Gasteiger partial charge in [-0.25, -0.2) is 8.42 Å². The molecule has 4 aromatic rings. The van der Waals surface area contributed by atoms with Crippen molar-refractivity contribution in [3.8, 4) is 0 Å². The summed E-state index contributed by atoms with van der Waals surface area (Å²) in [5.41, 5.74) is 4.37. The SMILES string of the molecule is CC(C)(C)c1ccc(S(=O)(=O)CCc2scc3c2CN(C2CCC(=O)NC2=O)C3=O)cc1.O=C(CCc1scc2c1CN(C1CCC(=O)NC1=O)C2=O)Cc1ccsc1C(=O)CO. The fraction of sp³-hybridized carbons (Fsp3) is 0.409. The zero-order chi connectivity index (χ0) is 45.4. The van der Waals surface area contributed by atoms with Crippen molar-refractivity contribution in [2.45, 2.75) is 108 Å². The molecule has 2 atom stereocenters. The summed E-state index contributed by atoms with van der Waals surface area (Å²) in [6.45, 7) is 6.21. The van der Waals surface area contributed by atoms with Crippen molar-refractivity contribution in [3.05, 3.63) is 94.5 Å². The molecule has 3 N–H and O–H groups in total. The molecule has 2 unspecified atom stereocenters. The number of hydrogen-bond donors (Lipinski definition) is 3. The molecule has 4 aliphatic heterocycles. The van der Waals surface area contributed by atoms with E-state index < -0.39 is 40.3 Å². The summed E-state index contributed by atoms with van der Waals surface area (Å²) < 4.78 is 25.8. The molecular weight excluding hydrogens is 889 g/mol. The Kier molecular flexibility index (Phi) is 13.4. The van der Waals surface area contributed by atoms with E-state index in [1.807, 2.05) is 12.1 Å². The van der Waals surface area contributed by atoms with E-state index in [1.165, 1.54) is 43.8 Å². The molecule has 0 spiro atoms. The van der Waals surface area contributed by atoms with Crippen molar-refractivity contribution in [2.24, 2.45) is 0 Å². The number of carbonyl (C=O) groups is 8. The Bertz CT molecular complexity index is 2640. The second-order valence-electron chi connectivity index (χ2n) is 16.8. The van der Waals surface area contributed by atoms with Gasteiger partial charge < -0.3 is 14.9 Å². The molecule has 1 aromatic carbocycles. The molecule has 2 fully saturated rings. The molecular formula is C44H46N4O11S4. The van der Waals surface area contributed by atoms with Gasteiger partial charge in [0.2, 0.25) is 23.6 Å². The lowest BCUT2D eigenvalue weighted by molar-refractivity contribution is -0.138. The summed E-state index contributed by atoms with van der Waals surface area (Å²) in [5.74, 6) is -2.47. The molecule has 8 rings (SSSR count). The van der Waals surface area contributed by atoms with E-state index in [9.17, 15) is 46.8 Å². The maximum absolute atomic E-state index is 12.9. The van der Waals surface area contributed by atoms with Gasteiger partial charge in [-0.2, -0.15) is 0 Å². The van der Waals surface area contributed by atoms with Crippen LogP contribution in [0.15, 0.2) is 51.4 Å². The minimum atomic E-state index is -3.47. The molecule has 4 aliphatic rings. The number of sulfone groups is 1. The standard InChI is InChI=1S/C23H26N2O5S2.C21H20N2O6S2/c1-23(2,3)14-4-6-15(7-5-14)32(29,30)11-10-19-16-12-25(22(28)17(16)13-31-19)18-8-9-20(26)24-21(18)27;24-9-16(26)19-11(5-6-30-19)7-12(25)1-3-17-13-8-23(21(29)14(13)10-31-17)15-2-4-18(27)22-20(15)28/h4-7,13,18H,8-12H2,1-3H3,(H,24,26,27);5-6,10,15,24H,1-4,7-9H2,(H,22,27,28). The number of aryl methyl sites for hydroxylation is 2. The van der Waals surface area contributed by atoms with Crippen LogP contribution >= 0.6 is 34.0 Å². The fourth-order valence-corrected chi connectivity index (χ4v) is 12.4. The molecule has 0 bridgehead atoms. The quantitative estimate of drug-likeness (QED) is 0.127. The van der Waals surface area contributed by atoms with Crippen molar-refractivity contribution in [2.75, 3.05) is 12.4 Å². The highest BCUT2D eigenvalue weighted by molar-refractivity contribution is 7.91. The van der Waals surface area contributed by atoms with E-state index in [2.05, 4.69) is 31.4 Å². The summed E-state index contributed by atoms with van der Waals surface area (Å²) in [6.07, 6.45) is 2.19. The molecule has 0 radical (unpaired) electrons. The van der Waals surface area contributed by atoms with Crippen LogP contribution in [0.1, 0.15) is 115 Å². The number of imide groups is 2. The van der Waals surface area contributed by atoms with Crippen molar-refractivity contribution >= 4 is 90.9 Å². The fourth-order valence-electron chi connectivity index (χ4n) is 8.08. The van der Waals surface area contributed by atoms with Crippen LogP contribution in [-0.4, -0.2) is 94.8 Å². The minimum absolute atomic E-state index is 0.0288. The summed E-state index contributed by atoms with van der Waals surface area (Å²) in [6, 6.07) is 7.42. The van der Waals surface area contributed by atoms with E-state index in [1.54, 1.807) is 34.3 Å². The van der Waals surface area contributed by atoms with Crippen molar-refractivity contribution in [1.82, 2.24) is 20.4 Å². The van der Waals surface area contributed by atoms with Crippen molar-refractivity contribution in [3.63, 3.8) is 0 Å². The van der Waals surface area contributed by atoms with Crippen molar-refractivity contribution in [1.29, 1.82) is 0 Å². The third-order valence-corrected chi connectivity index (χ3v) is 16.5. The van der Waals surface area contributed by atoms with E-state index >= 15 is 0 Å². The number of aliphatic hydroxyl groups is 1. The van der Waals surface area contributed by atoms with Gasteiger partial charge in [0, 0.05) is 59.3 Å². The molecule has 332 valence electrons. The Morgan fingerprint density at radius 1 is 0.762 bits per heavy atom. The van der Waals surface area contributed by atoms with Crippen LogP contribution < -0.4 is 10.6 Å². The summed E-state index contributed by atoms with van der Waals surface area (Å²) >= 11 is 4.02. The molecule has 2 saturated heterocycles. The van der Waals surface area contributed by atoms with Crippen LogP contribution in [-0.2, 0) is 71.6 Å². The molecule has 19 heteroatoms. The Labute approximate surface area is 375 Å². The largest absolute Gasteiger partial charge is 0.388 e. The Hall–Kier alpha value is -5.21. The first-order chi connectivity index (χ1) is 29.9. The second-order valence-corrected chi connectivity index (χ2v) is 21.8. The molecule has 0 saturated carbocycles. The maximum Gasteiger partial charge on any atom is 0.256 e. The summed E-state index contributed by atoms with van der Waals surface area (Å²) in [7, 11) is -3.47. The number of aliphatic hydroxyl groups excluding tert-OH is 1. The zero-order valence-electron chi connectivity index (χ0n) is 34.8. The number of nitrogens with one attached hydrogen (secondary N) is 2. The van der Waals surface area contributed by atoms with E-state index in [4.69, 9.17) is 5.11 Å². The molecule has 3 aromatic heterocycles. The van der Waals surface area contributed by atoms with Crippen LogP contribution in [0.25, 0.3) is 0 Å². The van der Waals surface area contributed by atoms with Gasteiger partial charge in [-0.15, -0.1) is 34.0 Å². The van der Waals surface area contributed by atoms with E-state index in [-0.39, 0.29) is 78.6 Å². The lowest BCUT2D eigenvalue weighted by Crippen LogP contribution is -2.52. The Morgan fingerprint density at radius 3 is 1.78 bits per heavy atom. The number of Topliss-reactive ketones (excluding diaryl/α,β-unsaturated/α-hetero) is 2. The van der Waals surface area contributed by atoms with Gasteiger partial charge in [-0.1, -0.05) is 32.9 Å². The molecule has 0 aliphatic carbocycles. The second kappa shape index (κ2) is 18.5. The summed E-state index contributed by atoms with van der Waals surface area (Å²) in [4.78, 5) is 102. The topological polar surface area (TPSA) is 221 Å². The van der Waals surface area contributed by atoms with E-state index in [0.717, 1.165) is 26.4 Å². The number of nitrogens with zero attached hydrogens (tertiary/aromatic N) is 2. The van der Waals surface area contributed by atoms with Crippen LogP contribution in [0.4, 0.5) is 0 Å². The Morgan fingerprint density at radius 2 is 1.29 bits per heavy atom. The highest BCUT2D eigenvalue weighted by Gasteiger charge is 2.42. The first kappa shape index (κ1) is 45.8. The summed E-state index contributed by atoms with van der Waals surface area (Å²) in [5, 5.41) is 18.9. The van der Waals surface area contributed by atoms with Gasteiger partial charge in [0.1, 0.15) is 24.5 Å². The predicted molar refractivity (Wildman–Crippen MR) is 234 cm³/mol. The lowest BCUT2D eigenvalue weighted by Gasteiger charge is -2.29. The van der Waals surface area contributed by atoms with Crippen molar-refractivity contribution < 1.29 is 51.9 Å². The predicted octanol–water partition coefficient (Wildman–Crippen LogP) is 4.31. The number of piperidine rings is 2. The molecule has 6 amide bonds. The number of hydrogen-bond acceptors (Lipinski definition) is 14. The van der Waals surface area contributed by atoms with Gasteiger partial charge in [-0.3, -0.25) is 49.0 Å². The third-order valence-electron chi connectivity index (χ3n) is 11.6. The van der Waals surface area contributed by atoms with Gasteiger partial charge in [0.05, 0.1) is 26.7 Å². The lowest BCUT2D eigenvalue weighted by atomic mass is 9.87. The van der Waals surface area contributed by atoms with Crippen LogP contribution in [0.5, 0.6) is 0 Å². The molecule has 63 heavy (non-hydrogen) atoms. The van der Waals surface area contributed by atoms with Crippen LogP contribution in [0.2, 0.25) is 0 Å². The monoisotopic (exact) mass is 934 g/mol. The number of rotatable bonds is 13. The number of carbonyl (C=O) groups excluding carboxylic acids is 8. The number of thiophene rings is 3. The molecule has 7 heterocycles. The highest BCUT2D eigenvalue weighted by atomic mass is 32.2. The molecule has 15 nitrogen and oxygen atoms in total. The average Bonchev–Trinajstić information content (AvgIpc) is 4.07. The smallest absolute Gasteiger partial charge is 0.256 e. The zero-order valence-corrected chi connectivity index (χ0v) is 38.1. The van der Waals surface area contributed by atoms with E-state index in [0.29, 0.717) is 58.7 Å². The highest BCUT2D eigenvalue weighted by Crippen LogP contribution is 2.36. The average molecular weight is 935 g/mol. The first-order valence-electron chi connectivity index (χ1n) is 20.4. The number of fused-ring (bicyclic) bond motifs is 2. The third kappa shape index (κ3) is 9.82.